The molecule has 0 spiro atoms. The molecule has 110 valence electrons. The number of rotatable bonds is 4. The van der Waals surface area contributed by atoms with E-state index < -0.39 is 5.97 Å². The van der Waals surface area contributed by atoms with Gasteiger partial charge in [-0.15, -0.1) is 0 Å². The molecule has 1 amide bonds. The minimum absolute atomic E-state index is 0.0970. The third kappa shape index (κ3) is 2.91. The van der Waals surface area contributed by atoms with Crippen molar-refractivity contribution in [2.24, 2.45) is 7.05 Å². The van der Waals surface area contributed by atoms with Crippen molar-refractivity contribution in [1.82, 2.24) is 14.5 Å². The van der Waals surface area contributed by atoms with Crippen molar-refractivity contribution in [3.63, 3.8) is 0 Å². The van der Waals surface area contributed by atoms with E-state index in [4.69, 9.17) is 4.74 Å². The Labute approximate surface area is 122 Å². The molecule has 21 heavy (non-hydrogen) atoms. The molecule has 2 aromatic rings. The number of amides is 1. The monoisotopic (exact) mass is 288 g/mol. The second-order valence-electron chi connectivity index (χ2n) is 4.32. The summed E-state index contributed by atoms with van der Waals surface area (Å²) in [7, 11) is 3.24. The van der Waals surface area contributed by atoms with Crippen LogP contribution in [0, 0.1) is 0 Å². The first kappa shape index (κ1) is 14.7. The van der Waals surface area contributed by atoms with E-state index in [9.17, 15) is 9.59 Å². The zero-order valence-electron chi connectivity index (χ0n) is 12.1. The molecule has 0 saturated carbocycles. The number of esters is 1. The maximum Gasteiger partial charge on any atom is 0.374 e. The molecule has 2 aromatic heterocycles. The minimum Gasteiger partial charge on any atom is -0.460 e. The maximum absolute atomic E-state index is 12.4. The van der Waals surface area contributed by atoms with Crippen LogP contribution in [0.5, 0.6) is 0 Å². The molecule has 2 rings (SSSR count). The van der Waals surface area contributed by atoms with Crippen LogP contribution in [0.1, 0.15) is 28.0 Å². The largest absolute Gasteiger partial charge is 0.460 e. The van der Waals surface area contributed by atoms with Crippen LogP contribution in [-0.4, -0.2) is 40.1 Å². The Bertz CT molecular complexity index is 651. The first-order valence-electron chi connectivity index (χ1n) is 6.43. The smallest absolute Gasteiger partial charge is 0.374 e. The molecule has 0 bridgehead atoms. The lowest BCUT2D eigenvalue weighted by Crippen LogP contribution is -2.28. The Morgan fingerprint density at radius 3 is 2.76 bits per heavy atom. The van der Waals surface area contributed by atoms with Crippen LogP contribution in [0.25, 0.3) is 0 Å². The Hall–Kier alpha value is -2.70. The van der Waals surface area contributed by atoms with Crippen LogP contribution in [0.4, 0.5) is 5.69 Å². The lowest BCUT2D eigenvalue weighted by atomic mass is 10.3. The van der Waals surface area contributed by atoms with E-state index in [2.05, 4.69) is 9.97 Å². The minimum atomic E-state index is -0.553. The first-order chi connectivity index (χ1) is 10.1. The predicted molar refractivity (Wildman–Crippen MR) is 76.1 cm³/mol. The van der Waals surface area contributed by atoms with E-state index in [0.29, 0.717) is 11.4 Å². The molecule has 7 heteroatoms. The number of ether oxygens (including phenoxy) is 1. The summed E-state index contributed by atoms with van der Waals surface area (Å²) in [4.78, 5) is 33.5. The van der Waals surface area contributed by atoms with Crippen LogP contribution in [0.15, 0.2) is 30.7 Å². The topological polar surface area (TPSA) is 77.3 Å². The van der Waals surface area contributed by atoms with E-state index >= 15 is 0 Å². The van der Waals surface area contributed by atoms with Crippen molar-refractivity contribution in [3.05, 3.63) is 42.2 Å². The van der Waals surface area contributed by atoms with Gasteiger partial charge < -0.3 is 14.2 Å². The number of carbonyl (C=O) groups is 2. The van der Waals surface area contributed by atoms with Gasteiger partial charge in [-0.2, -0.15) is 0 Å². The fourth-order valence-electron chi connectivity index (χ4n) is 1.83. The molecule has 0 atom stereocenters. The molecule has 0 unspecified atom stereocenters. The van der Waals surface area contributed by atoms with Crippen molar-refractivity contribution in [3.8, 4) is 0 Å². The standard InChI is InChI=1S/C14H16N4O3/c1-4-21-14(20)12-16-9-11(18(12)3)13(19)17(2)10-6-5-7-15-8-10/h5-9H,4H2,1-3H3. The molecule has 0 aliphatic rings. The van der Waals surface area contributed by atoms with Crippen molar-refractivity contribution < 1.29 is 14.3 Å². The molecule has 0 N–H and O–H groups in total. The maximum atomic E-state index is 12.4. The van der Waals surface area contributed by atoms with E-state index in [1.54, 1.807) is 45.5 Å². The molecular formula is C14H16N4O3. The Kier molecular flexibility index (Phi) is 4.32. The lowest BCUT2D eigenvalue weighted by Gasteiger charge is -2.16. The summed E-state index contributed by atoms with van der Waals surface area (Å²) < 4.78 is 6.31. The first-order valence-corrected chi connectivity index (χ1v) is 6.43. The van der Waals surface area contributed by atoms with Gasteiger partial charge in [-0.25, -0.2) is 9.78 Å². The SMILES string of the molecule is CCOC(=O)c1ncc(C(=O)N(C)c2cccnc2)n1C. The van der Waals surface area contributed by atoms with E-state index in [1.165, 1.54) is 15.7 Å². The Morgan fingerprint density at radius 1 is 1.38 bits per heavy atom. The Balaban J connectivity index is 2.26. The van der Waals surface area contributed by atoms with Gasteiger partial charge in [-0.3, -0.25) is 9.78 Å². The number of pyridine rings is 1. The summed E-state index contributed by atoms with van der Waals surface area (Å²) in [6, 6.07) is 3.51. The third-order valence-electron chi connectivity index (χ3n) is 3.00. The summed E-state index contributed by atoms with van der Waals surface area (Å²) in [6.45, 7) is 1.97. The summed E-state index contributed by atoms with van der Waals surface area (Å²) in [5.41, 5.74) is 0.950. The highest BCUT2D eigenvalue weighted by Gasteiger charge is 2.22. The molecule has 0 aliphatic carbocycles. The fraction of sp³-hybridized carbons (Fsp3) is 0.286. The van der Waals surface area contributed by atoms with Crippen LogP contribution in [-0.2, 0) is 11.8 Å². The van der Waals surface area contributed by atoms with Gasteiger partial charge >= 0.3 is 5.97 Å². The molecule has 0 fully saturated rings. The third-order valence-corrected chi connectivity index (χ3v) is 3.00. The van der Waals surface area contributed by atoms with Gasteiger partial charge in [0.25, 0.3) is 5.91 Å². The number of anilines is 1. The van der Waals surface area contributed by atoms with Gasteiger partial charge in [0, 0.05) is 20.3 Å². The highest BCUT2D eigenvalue weighted by atomic mass is 16.5. The van der Waals surface area contributed by atoms with Gasteiger partial charge in [0.2, 0.25) is 5.82 Å². The number of hydrogen-bond donors (Lipinski definition) is 0. The highest BCUT2D eigenvalue weighted by Crippen LogP contribution is 2.14. The number of hydrogen-bond acceptors (Lipinski definition) is 5. The van der Waals surface area contributed by atoms with Crippen LogP contribution >= 0.6 is 0 Å². The summed E-state index contributed by atoms with van der Waals surface area (Å²) in [5.74, 6) is -0.739. The number of imidazole rings is 1. The highest BCUT2D eigenvalue weighted by molar-refractivity contribution is 6.05. The van der Waals surface area contributed by atoms with Crippen LogP contribution in [0.2, 0.25) is 0 Å². The van der Waals surface area contributed by atoms with Gasteiger partial charge in [0.1, 0.15) is 5.69 Å². The number of aromatic nitrogens is 3. The normalized spacial score (nSPS) is 10.2. The van der Waals surface area contributed by atoms with Gasteiger partial charge in [-0.1, -0.05) is 0 Å². The summed E-state index contributed by atoms with van der Waals surface area (Å²) >= 11 is 0. The quantitative estimate of drug-likeness (QED) is 0.792. The molecule has 7 nitrogen and oxygen atoms in total. The molecule has 0 radical (unpaired) electrons. The lowest BCUT2D eigenvalue weighted by molar-refractivity contribution is 0.0508. The van der Waals surface area contributed by atoms with Gasteiger partial charge in [-0.05, 0) is 19.1 Å². The second kappa shape index (κ2) is 6.17. The van der Waals surface area contributed by atoms with Crippen LogP contribution in [0.3, 0.4) is 0 Å². The zero-order valence-corrected chi connectivity index (χ0v) is 12.1. The van der Waals surface area contributed by atoms with Gasteiger partial charge in [0.15, 0.2) is 0 Å². The summed E-state index contributed by atoms with van der Waals surface area (Å²) in [6.07, 6.45) is 4.58. The van der Waals surface area contributed by atoms with Crippen LogP contribution < -0.4 is 4.90 Å². The number of carbonyl (C=O) groups excluding carboxylic acids is 2. The van der Waals surface area contributed by atoms with E-state index in [-0.39, 0.29) is 18.3 Å². The molecular weight excluding hydrogens is 272 g/mol. The number of nitrogens with zero attached hydrogens (tertiary/aromatic N) is 4. The summed E-state index contributed by atoms with van der Waals surface area (Å²) in [5, 5.41) is 0. The Morgan fingerprint density at radius 2 is 2.14 bits per heavy atom. The van der Waals surface area contributed by atoms with Gasteiger partial charge in [0.05, 0.1) is 24.7 Å². The molecule has 0 saturated heterocycles. The fourth-order valence-corrected chi connectivity index (χ4v) is 1.83. The molecule has 0 aromatic carbocycles. The molecule has 2 heterocycles. The van der Waals surface area contributed by atoms with E-state index in [0.717, 1.165) is 0 Å². The second-order valence-corrected chi connectivity index (χ2v) is 4.32. The van der Waals surface area contributed by atoms with Crippen molar-refractivity contribution in [2.45, 2.75) is 6.92 Å². The van der Waals surface area contributed by atoms with Crippen molar-refractivity contribution in [2.75, 3.05) is 18.6 Å². The van der Waals surface area contributed by atoms with Crippen molar-refractivity contribution >= 4 is 17.6 Å². The predicted octanol–water partition coefficient (Wildman–Crippen LogP) is 1.27. The average Bonchev–Trinajstić information content (AvgIpc) is 2.88. The van der Waals surface area contributed by atoms with E-state index in [1.807, 2.05) is 0 Å². The van der Waals surface area contributed by atoms with Crippen molar-refractivity contribution in [1.29, 1.82) is 0 Å². The zero-order chi connectivity index (χ0) is 15.4. The molecule has 0 aliphatic heterocycles. The average molecular weight is 288 g/mol.